The lowest BCUT2D eigenvalue weighted by Gasteiger charge is -2.25. The van der Waals surface area contributed by atoms with Crippen molar-refractivity contribution in [2.45, 2.75) is 25.9 Å². The van der Waals surface area contributed by atoms with E-state index in [1.165, 1.54) is 11.6 Å². The van der Waals surface area contributed by atoms with Crippen molar-refractivity contribution in [2.75, 3.05) is 18.5 Å². The molecular weight excluding hydrogens is 426 g/mol. The summed E-state index contributed by atoms with van der Waals surface area (Å²) < 4.78 is 11.1. The van der Waals surface area contributed by atoms with Gasteiger partial charge in [-0.15, -0.1) is 0 Å². The van der Waals surface area contributed by atoms with Crippen LogP contribution >= 0.6 is 0 Å². The van der Waals surface area contributed by atoms with Crippen LogP contribution in [-0.2, 0) is 9.53 Å². The third-order valence-corrected chi connectivity index (χ3v) is 4.75. The first kappa shape index (κ1) is 25.4. The second-order valence-electron chi connectivity index (χ2n) is 7.21. The summed E-state index contributed by atoms with van der Waals surface area (Å²) in [4.78, 5) is 23.7. The molecule has 0 heterocycles. The number of aliphatic hydroxyl groups is 1. The van der Waals surface area contributed by atoms with Gasteiger partial charge in [-0.3, -0.25) is 15.3 Å². The molecule has 33 heavy (non-hydrogen) atoms. The minimum atomic E-state index is -0.646. The van der Waals surface area contributed by atoms with E-state index in [2.05, 4.69) is 5.32 Å². The van der Waals surface area contributed by atoms with Crippen LogP contribution in [0.3, 0.4) is 0 Å². The maximum Gasteiger partial charge on any atom is 0.412 e. The Morgan fingerprint density at radius 2 is 1.85 bits per heavy atom. The van der Waals surface area contributed by atoms with Crippen molar-refractivity contribution in [3.63, 3.8) is 0 Å². The molecule has 0 aromatic heterocycles. The van der Waals surface area contributed by atoms with Gasteiger partial charge in [0.15, 0.2) is 0 Å². The monoisotopic (exact) mass is 453 g/mol. The van der Waals surface area contributed by atoms with Crippen molar-refractivity contribution < 1.29 is 29.4 Å². The molecule has 0 unspecified atom stereocenters. The zero-order chi connectivity index (χ0) is 24.1. The Balaban J connectivity index is 2.11. The quantitative estimate of drug-likeness (QED) is 0.231. The molecule has 2 rings (SSSR count). The fourth-order valence-electron chi connectivity index (χ4n) is 3.06. The van der Waals surface area contributed by atoms with E-state index in [4.69, 9.17) is 25.0 Å². The molecule has 0 aliphatic heterocycles. The van der Waals surface area contributed by atoms with Crippen LogP contribution in [-0.4, -0.2) is 35.5 Å². The highest BCUT2D eigenvalue weighted by molar-refractivity contribution is 5.86. The summed E-state index contributed by atoms with van der Waals surface area (Å²) in [5, 5.41) is 29.0. The highest BCUT2D eigenvalue weighted by Crippen LogP contribution is 2.31. The highest BCUT2D eigenvalue weighted by atomic mass is 16.6. The Hall–Kier alpha value is -3.87. The van der Waals surface area contributed by atoms with Crippen molar-refractivity contribution in [1.82, 2.24) is 5.48 Å². The van der Waals surface area contributed by atoms with Crippen molar-refractivity contribution in [1.29, 1.82) is 5.26 Å². The molecule has 4 N–H and O–H groups in total. The molecule has 0 radical (unpaired) electrons. The molecule has 0 spiro atoms. The SMILES string of the molecule is C[C@@H](CC/C=C/C(=O)NO)[C@H](OC(=O)Nc1ccc(C#N)cc1)c1ccc(OCCO)cc1. The molecule has 9 nitrogen and oxygen atoms in total. The molecule has 174 valence electrons. The minimum Gasteiger partial charge on any atom is -0.491 e. The first-order valence-electron chi connectivity index (χ1n) is 10.4. The third kappa shape index (κ3) is 8.65. The molecule has 0 aliphatic carbocycles. The molecule has 0 aliphatic rings. The lowest BCUT2D eigenvalue weighted by molar-refractivity contribution is -0.124. The Kier molecular flexibility index (Phi) is 10.4. The van der Waals surface area contributed by atoms with Crippen molar-refractivity contribution in [2.24, 2.45) is 5.92 Å². The summed E-state index contributed by atoms with van der Waals surface area (Å²) in [6.07, 6.45) is 2.76. The molecule has 9 heteroatoms. The lowest BCUT2D eigenvalue weighted by Crippen LogP contribution is -2.22. The number of hydroxylamine groups is 1. The van der Waals surface area contributed by atoms with Gasteiger partial charge in [-0.05, 0) is 60.7 Å². The van der Waals surface area contributed by atoms with Gasteiger partial charge in [0.25, 0.3) is 5.91 Å². The van der Waals surface area contributed by atoms with Gasteiger partial charge in [-0.2, -0.15) is 5.26 Å². The maximum absolute atomic E-state index is 12.6. The van der Waals surface area contributed by atoms with Crippen LogP contribution in [0.1, 0.15) is 37.0 Å². The van der Waals surface area contributed by atoms with Crippen molar-refractivity contribution in [3.05, 3.63) is 71.8 Å². The van der Waals surface area contributed by atoms with Gasteiger partial charge in [0.1, 0.15) is 18.5 Å². The predicted molar refractivity (Wildman–Crippen MR) is 120 cm³/mol. The third-order valence-electron chi connectivity index (χ3n) is 4.75. The van der Waals surface area contributed by atoms with Gasteiger partial charge in [0.2, 0.25) is 0 Å². The lowest BCUT2D eigenvalue weighted by atomic mass is 9.93. The number of ether oxygens (including phenoxy) is 2. The number of rotatable bonds is 11. The number of aliphatic hydroxyl groups excluding tert-OH is 1. The molecule has 0 saturated carbocycles. The average Bonchev–Trinajstić information content (AvgIpc) is 2.84. The van der Waals surface area contributed by atoms with E-state index in [0.717, 1.165) is 5.56 Å². The predicted octanol–water partition coefficient (Wildman–Crippen LogP) is 3.70. The van der Waals surface area contributed by atoms with Crippen LogP contribution in [0.4, 0.5) is 10.5 Å². The summed E-state index contributed by atoms with van der Waals surface area (Å²) in [7, 11) is 0. The van der Waals surface area contributed by atoms with E-state index in [9.17, 15) is 9.59 Å². The van der Waals surface area contributed by atoms with Gasteiger partial charge in [-0.25, -0.2) is 10.3 Å². The Morgan fingerprint density at radius 3 is 2.45 bits per heavy atom. The Bertz CT molecular complexity index is 967. The normalized spacial score (nSPS) is 12.4. The van der Waals surface area contributed by atoms with Gasteiger partial charge in [-0.1, -0.05) is 25.1 Å². The largest absolute Gasteiger partial charge is 0.491 e. The molecule has 2 aromatic carbocycles. The number of nitrogens with zero attached hydrogens (tertiary/aromatic N) is 1. The average molecular weight is 453 g/mol. The summed E-state index contributed by atoms with van der Waals surface area (Å²) >= 11 is 0. The smallest absolute Gasteiger partial charge is 0.412 e. The molecule has 2 amide bonds. The van der Waals surface area contributed by atoms with Crippen LogP contribution in [0.25, 0.3) is 0 Å². The number of allylic oxidation sites excluding steroid dienone is 1. The number of anilines is 1. The first-order valence-corrected chi connectivity index (χ1v) is 10.4. The van der Waals surface area contributed by atoms with Crippen molar-refractivity contribution >= 4 is 17.7 Å². The van der Waals surface area contributed by atoms with Crippen LogP contribution < -0.4 is 15.5 Å². The number of hydrogen-bond donors (Lipinski definition) is 4. The Morgan fingerprint density at radius 1 is 1.15 bits per heavy atom. The van der Waals surface area contributed by atoms with Gasteiger partial charge >= 0.3 is 6.09 Å². The highest BCUT2D eigenvalue weighted by Gasteiger charge is 2.23. The molecule has 2 aromatic rings. The van der Waals surface area contributed by atoms with E-state index in [-0.39, 0.29) is 19.1 Å². The number of nitriles is 1. The summed E-state index contributed by atoms with van der Waals surface area (Å²) in [6.45, 7) is 2.01. The van der Waals surface area contributed by atoms with Gasteiger partial charge in [0, 0.05) is 11.8 Å². The number of carbonyl (C=O) groups excluding carboxylic acids is 2. The first-order chi connectivity index (χ1) is 16.0. The van der Waals surface area contributed by atoms with E-state index >= 15 is 0 Å². The molecule has 0 bridgehead atoms. The van der Waals surface area contributed by atoms with E-state index in [1.807, 2.05) is 13.0 Å². The summed E-state index contributed by atoms with van der Waals surface area (Å²) in [5.74, 6) is -0.141. The van der Waals surface area contributed by atoms with E-state index < -0.39 is 18.1 Å². The van der Waals surface area contributed by atoms with Crippen LogP contribution in [0, 0.1) is 17.2 Å². The second kappa shape index (κ2) is 13.5. The summed E-state index contributed by atoms with van der Waals surface area (Å²) in [6, 6.07) is 15.5. The number of hydrogen-bond acceptors (Lipinski definition) is 7. The van der Waals surface area contributed by atoms with Crippen LogP contribution in [0.2, 0.25) is 0 Å². The number of nitrogens with one attached hydrogen (secondary N) is 2. The van der Waals surface area contributed by atoms with E-state index in [0.29, 0.717) is 29.8 Å². The molecule has 2 atom stereocenters. The zero-order valence-electron chi connectivity index (χ0n) is 18.2. The Labute approximate surface area is 192 Å². The number of benzene rings is 2. The zero-order valence-corrected chi connectivity index (χ0v) is 18.2. The fourth-order valence-corrected chi connectivity index (χ4v) is 3.06. The topological polar surface area (TPSA) is 141 Å². The fraction of sp³-hybridized carbons (Fsp3) is 0.292. The number of amides is 2. The van der Waals surface area contributed by atoms with Crippen LogP contribution in [0.5, 0.6) is 5.75 Å². The molecular formula is C24H27N3O6. The number of carbonyl (C=O) groups is 2. The maximum atomic E-state index is 12.6. The van der Waals surface area contributed by atoms with E-state index in [1.54, 1.807) is 54.6 Å². The molecule has 0 fully saturated rings. The van der Waals surface area contributed by atoms with Gasteiger partial charge < -0.3 is 14.6 Å². The molecule has 0 saturated heterocycles. The second-order valence-corrected chi connectivity index (χ2v) is 7.21. The standard InChI is InChI=1S/C24H27N3O6/c1-17(4-2-3-5-22(29)27-31)23(19-8-12-21(13-9-19)32-15-14-28)33-24(30)26-20-10-6-18(16-25)7-11-20/h3,5-13,17,23,28,31H,2,4,14-15H2,1H3,(H,26,30)(H,27,29)/b5-3+/t17-,23-/m0/s1. The van der Waals surface area contributed by atoms with Gasteiger partial charge in [0.05, 0.1) is 18.2 Å². The van der Waals surface area contributed by atoms with Crippen LogP contribution in [0.15, 0.2) is 60.7 Å². The summed E-state index contributed by atoms with van der Waals surface area (Å²) in [5.41, 5.74) is 3.26. The van der Waals surface area contributed by atoms with Crippen molar-refractivity contribution in [3.8, 4) is 11.8 Å². The minimum absolute atomic E-state index is 0.0954.